The number of hydrogen-bond acceptors (Lipinski definition) is 4. The molecule has 1 aliphatic heterocycles. The van der Waals surface area contributed by atoms with Crippen LogP contribution in [0.2, 0.25) is 0 Å². The first kappa shape index (κ1) is 17.8. The minimum atomic E-state index is -0.746. The first-order chi connectivity index (χ1) is 10.9. The molecule has 0 spiro atoms. The van der Waals surface area contributed by atoms with Gasteiger partial charge in [-0.15, -0.1) is 0 Å². The first-order valence-corrected chi connectivity index (χ1v) is 8.13. The van der Waals surface area contributed by atoms with E-state index in [-0.39, 0.29) is 18.4 Å². The van der Waals surface area contributed by atoms with Gasteiger partial charge in [-0.3, -0.25) is 4.79 Å². The van der Waals surface area contributed by atoms with Crippen LogP contribution in [-0.4, -0.2) is 54.9 Å². The van der Waals surface area contributed by atoms with E-state index in [1.54, 1.807) is 12.0 Å². The number of ether oxygens (including phenoxy) is 2. The van der Waals surface area contributed by atoms with Crippen LogP contribution in [0, 0.1) is 12.8 Å². The molecule has 5 heteroatoms. The fraction of sp³-hybridized carbons (Fsp3) is 0.611. The van der Waals surface area contributed by atoms with E-state index in [0.717, 1.165) is 5.56 Å². The summed E-state index contributed by atoms with van der Waals surface area (Å²) < 4.78 is 10.6. The molecule has 1 saturated heterocycles. The van der Waals surface area contributed by atoms with E-state index < -0.39 is 5.60 Å². The average molecular weight is 321 g/mol. The van der Waals surface area contributed by atoms with E-state index in [4.69, 9.17) is 9.47 Å². The van der Waals surface area contributed by atoms with Crippen LogP contribution in [0.3, 0.4) is 0 Å². The highest BCUT2D eigenvalue weighted by molar-refractivity contribution is 5.78. The molecule has 1 amide bonds. The summed E-state index contributed by atoms with van der Waals surface area (Å²) in [7, 11) is 1.63. The summed E-state index contributed by atoms with van der Waals surface area (Å²) in [6.07, 6.45) is 1.18. The van der Waals surface area contributed by atoms with Gasteiger partial charge in [-0.25, -0.2) is 0 Å². The Bertz CT molecular complexity index is 534. The lowest BCUT2D eigenvalue weighted by molar-refractivity contribution is -0.142. The van der Waals surface area contributed by atoms with Gasteiger partial charge in [-0.2, -0.15) is 0 Å². The van der Waals surface area contributed by atoms with Gasteiger partial charge in [0.1, 0.15) is 5.75 Å². The molecule has 128 valence electrons. The van der Waals surface area contributed by atoms with Crippen molar-refractivity contribution in [1.29, 1.82) is 0 Å². The van der Waals surface area contributed by atoms with Gasteiger partial charge in [-0.1, -0.05) is 19.1 Å². The predicted octanol–water partition coefficient (Wildman–Crippen LogP) is 2.01. The van der Waals surface area contributed by atoms with Gasteiger partial charge >= 0.3 is 0 Å². The van der Waals surface area contributed by atoms with E-state index in [1.165, 1.54) is 0 Å². The molecule has 2 rings (SSSR count). The zero-order chi connectivity index (χ0) is 16.9. The van der Waals surface area contributed by atoms with Crippen molar-refractivity contribution in [3.63, 3.8) is 0 Å². The van der Waals surface area contributed by atoms with Gasteiger partial charge < -0.3 is 19.5 Å². The molecular weight excluding hydrogens is 294 g/mol. The zero-order valence-corrected chi connectivity index (χ0v) is 14.2. The van der Waals surface area contributed by atoms with Crippen LogP contribution < -0.4 is 4.74 Å². The predicted molar refractivity (Wildman–Crippen MR) is 88.5 cm³/mol. The summed E-state index contributed by atoms with van der Waals surface area (Å²) in [5.74, 6) is 0.696. The maximum atomic E-state index is 12.3. The number of likely N-dealkylation sites (tertiary alicyclic amines) is 1. The van der Waals surface area contributed by atoms with E-state index in [1.807, 2.05) is 38.1 Å². The van der Waals surface area contributed by atoms with E-state index in [0.29, 0.717) is 38.3 Å². The van der Waals surface area contributed by atoms with Gasteiger partial charge in [0.05, 0.1) is 5.60 Å². The number of amides is 1. The lowest BCUT2D eigenvalue weighted by atomic mass is 9.80. The number of aliphatic hydroxyl groups is 1. The topological polar surface area (TPSA) is 59.0 Å². The van der Waals surface area contributed by atoms with Crippen molar-refractivity contribution in [1.82, 2.24) is 4.90 Å². The highest BCUT2D eigenvalue weighted by atomic mass is 16.5. The molecule has 0 saturated carbocycles. The Morgan fingerprint density at radius 1 is 1.48 bits per heavy atom. The molecule has 1 N–H and O–H groups in total. The Kier molecular flexibility index (Phi) is 6.02. The second-order valence-corrected chi connectivity index (χ2v) is 6.44. The number of nitrogens with zero attached hydrogens (tertiary/aromatic N) is 1. The number of piperidine rings is 1. The number of methoxy groups -OCH3 is 1. The van der Waals surface area contributed by atoms with Gasteiger partial charge in [0.25, 0.3) is 5.91 Å². The molecule has 1 fully saturated rings. The highest BCUT2D eigenvalue weighted by Gasteiger charge is 2.39. The monoisotopic (exact) mass is 321 g/mol. The van der Waals surface area contributed by atoms with E-state index >= 15 is 0 Å². The van der Waals surface area contributed by atoms with Crippen LogP contribution in [0.4, 0.5) is 0 Å². The van der Waals surface area contributed by atoms with Crippen molar-refractivity contribution in [2.24, 2.45) is 5.92 Å². The molecule has 0 aliphatic carbocycles. The molecule has 5 nitrogen and oxygen atoms in total. The molecule has 23 heavy (non-hydrogen) atoms. The van der Waals surface area contributed by atoms with Crippen molar-refractivity contribution < 1.29 is 19.4 Å². The molecule has 1 aromatic carbocycles. The van der Waals surface area contributed by atoms with Crippen LogP contribution in [-0.2, 0) is 9.53 Å². The largest absolute Gasteiger partial charge is 0.484 e. The molecule has 2 atom stereocenters. The summed E-state index contributed by atoms with van der Waals surface area (Å²) in [6.45, 7) is 5.65. The van der Waals surface area contributed by atoms with Gasteiger partial charge in [0.15, 0.2) is 6.61 Å². The fourth-order valence-electron chi connectivity index (χ4n) is 2.98. The fourth-order valence-corrected chi connectivity index (χ4v) is 2.98. The van der Waals surface area contributed by atoms with Crippen molar-refractivity contribution in [2.45, 2.75) is 32.3 Å². The molecule has 1 aliphatic rings. The Morgan fingerprint density at radius 3 is 2.91 bits per heavy atom. The minimum absolute atomic E-state index is 0.0225. The SMILES string of the molecule is COCCC1(O)CCN(C(=O)COc2cccc(C)c2)CC1C. The van der Waals surface area contributed by atoms with Crippen LogP contribution in [0.5, 0.6) is 5.75 Å². The lowest BCUT2D eigenvalue weighted by Crippen LogP contribution is -2.53. The second-order valence-electron chi connectivity index (χ2n) is 6.44. The van der Waals surface area contributed by atoms with Gasteiger partial charge in [-0.05, 0) is 37.5 Å². The van der Waals surface area contributed by atoms with Crippen molar-refractivity contribution in [2.75, 3.05) is 33.4 Å². The lowest BCUT2D eigenvalue weighted by Gasteiger charge is -2.43. The van der Waals surface area contributed by atoms with Crippen LogP contribution in [0.15, 0.2) is 24.3 Å². The molecule has 0 radical (unpaired) electrons. The Labute approximate surface area is 138 Å². The van der Waals surface area contributed by atoms with Crippen LogP contribution in [0.1, 0.15) is 25.3 Å². The third-order valence-corrected chi connectivity index (χ3v) is 4.67. The van der Waals surface area contributed by atoms with Crippen LogP contribution >= 0.6 is 0 Å². The average Bonchev–Trinajstić information content (AvgIpc) is 2.53. The highest BCUT2D eigenvalue weighted by Crippen LogP contribution is 2.31. The first-order valence-electron chi connectivity index (χ1n) is 8.13. The quantitative estimate of drug-likeness (QED) is 0.871. The Balaban J connectivity index is 1.85. The maximum Gasteiger partial charge on any atom is 0.260 e. The second kappa shape index (κ2) is 7.79. The van der Waals surface area contributed by atoms with E-state index in [2.05, 4.69) is 0 Å². The molecule has 1 heterocycles. The minimum Gasteiger partial charge on any atom is -0.484 e. The zero-order valence-electron chi connectivity index (χ0n) is 14.2. The molecule has 0 bridgehead atoms. The number of benzene rings is 1. The smallest absolute Gasteiger partial charge is 0.260 e. The summed E-state index contributed by atoms with van der Waals surface area (Å²) in [4.78, 5) is 14.1. The van der Waals surface area contributed by atoms with E-state index in [9.17, 15) is 9.90 Å². The number of carbonyl (C=O) groups excluding carboxylic acids is 1. The maximum absolute atomic E-state index is 12.3. The number of carbonyl (C=O) groups is 1. The van der Waals surface area contributed by atoms with Gasteiger partial charge in [0.2, 0.25) is 0 Å². The summed E-state index contributed by atoms with van der Waals surface area (Å²) >= 11 is 0. The number of aryl methyl sites for hydroxylation is 1. The van der Waals surface area contributed by atoms with Crippen molar-refractivity contribution in [3.05, 3.63) is 29.8 Å². The summed E-state index contributed by atoms with van der Waals surface area (Å²) in [5, 5.41) is 10.7. The number of rotatable bonds is 6. The third-order valence-electron chi connectivity index (χ3n) is 4.67. The number of hydrogen-bond donors (Lipinski definition) is 1. The third kappa shape index (κ3) is 4.69. The van der Waals surface area contributed by atoms with Crippen molar-refractivity contribution >= 4 is 5.91 Å². The normalized spacial score (nSPS) is 24.5. The van der Waals surface area contributed by atoms with Gasteiger partial charge in [0, 0.05) is 32.7 Å². The van der Waals surface area contributed by atoms with Crippen molar-refractivity contribution in [3.8, 4) is 5.75 Å². The standard InChI is InChI=1S/C18H27NO4/c1-14-5-4-6-16(11-14)23-13-17(20)19-9-7-18(21,8-10-22-3)15(2)12-19/h4-6,11,15,21H,7-10,12-13H2,1-3H3. The molecule has 0 aromatic heterocycles. The summed E-state index contributed by atoms with van der Waals surface area (Å²) in [6, 6.07) is 7.66. The molecule has 1 aromatic rings. The van der Waals surface area contributed by atoms with Crippen LogP contribution in [0.25, 0.3) is 0 Å². The summed E-state index contributed by atoms with van der Waals surface area (Å²) in [5.41, 5.74) is 0.356. The Hall–Kier alpha value is -1.59. The molecular formula is C18H27NO4. The Morgan fingerprint density at radius 2 is 2.26 bits per heavy atom. The molecule has 2 unspecified atom stereocenters.